The second-order valence-electron chi connectivity index (χ2n) is 5.74. The molecule has 0 aliphatic heterocycles. The molecule has 0 spiro atoms. The molecule has 0 amide bonds. The molecular weight excluding hydrogens is 236 g/mol. The monoisotopic (exact) mass is 262 g/mol. The van der Waals surface area contributed by atoms with E-state index in [9.17, 15) is 0 Å². The molecule has 1 N–H and O–H groups in total. The Labute approximate surface area is 117 Å². The van der Waals surface area contributed by atoms with E-state index in [1.54, 1.807) is 0 Å². The number of nitrogens with one attached hydrogen (secondary N) is 1. The topological polar surface area (TPSA) is 28.4 Å². The Kier molecular flexibility index (Phi) is 6.06. The first kappa shape index (κ1) is 15.7. The van der Waals surface area contributed by atoms with Crippen LogP contribution in [0.3, 0.4) is 0 Å². The number of nitrogens with zero attached hydrogens (tertiary/aromatic N) is 1. The Hall–Kier alpha value is -1.32. The maximum Gasteiger partial charge on any atom is 0.118 e. The molecule has 0 bridgehead atoms. The van der Waals surface area contributed by atoms with Crippen molar-refractivity contribution >= 4 is 0 Å². The molecule has 3 nitrogen and oxygen atoms in total. The van der Waals surface area contributed by atoms with Crippen molar-refractivity contribution in [2.45, 2.75) is 39.4 Å². The van der Waals surface area contributed by atoms with E-state index in [4.69, 9.17) is 4.42 Å². The van der Waals surface area contributed by atoms with Crippen LogP contribution in [0.5, 0.6) is 0 Å². The van der Waals surface area contributed by atoms with Gasteiger partial charge in [0.15, 0.2) is 0 Å². The maximum absolute atomic E-state index is 5.83. The highest BCUT2D eigenvalue weighted by Crippen LogP contribution is 2.12. The van der Waals surface area contributed by atoms with E-state index in [0.717, 1.165) is 37.7 Å². The van der Waals surface area contributed by atoms with Crippen LogP contribution in [0.15, 0.2) is 41.9 Å². The van der Waals surface area contributed by atoms with Crippen LogP contribution in [0.2, 0.25) is 0 Å². The lowest BCUT2D eigenvalue weighted by atomic mass is 10.1. The quantitative estimate of drug-likeness (QED) is 0.728. The molecule has 3 heteroatoms. The van der Waals surface area contributed by atoms with Crippen molar-refractivity contribution in [2.75, 3.05) is 13.1 Å². The highest BCUT2D eigenvalue weighted by atomic mass is 16.3. The summed E-state index contributed by atoms with van der Waals surface area (Å²) in [5.74, 6) is 1.96. The third kappa shape index (κ3) is 6.41. The third-order valence-corrected chi connectivity index (χ3v) is 2.66. The van der Waals surface area contributed by atoms with Crippen LogP contribution in [0.4, 0.5) is 0 Å². The Balaban J connectivity index is 2.53. The van der Waals surface area contributed by atoms with Crippen LogP contribution >= 0.6 is 0 Å². The summed E-state index contributed by atoms with van der Waals surface area (Å²) in [6, 6.07) is 4.08. The van der Waals surface area contributed by atoms with Crippen LogP contribution in [0.1, 0.15) is 32.3 Å². The van der Waals surface area contributed by atoms with Gasteiger partial charge in [0.05, 0.1) is 13.1 Å². The fourth-order valence-electron chi connectivity index (χ4n) is 1.74. The Bertz CT molecular complexity index is 391. The second-order valence-corrected chi connectivity index (χ2v) is 5.74. The van der Waals surface area contributed by atoms with Crippen molar-refractivity contribution in [3.05, 3.63) is 49.0 Å². The summed E-state index contributed by atoms with van der Waals surface area (Å²) in [6.07, 6.45) is 3.79. The predicted octanol–water partition coefficient (Wildman–Crippen LogP) is 3.34. The first-order chi connectivity index (χ1) is 8.94. The molecule has 0 atom stereocenters. The lowest BCUT2D eigenvalue weighted by Crippen LogP contribution is -2.34. The Morgan fingerprint density at radius 1 is 1.16 bits per heavy atom. The van der Waals surface area contributed by atoms with Gasteiger partial charge in [-0.2, -0.15) is 0 Å². The van der Waals surface area contributed by atoms with E-state index in [1.807, 2.05) is 24.3 Å². The molecule has 0 aliphatic rings. The van der Waals surface area contributed by atoms with E-state index in [-0.39, 0.29) is 5.54 Å². The van der Waals surface area contributed by atoms with Crippen molar-refractivity contribution in [2.24, 2.45) is 0 Å². The smallest absolute Gasteiger partial charge is 0.118 e. The van der Waals surface area contributed by atoms with Gasteiger partial charge in [0, 0.05) is 18.6 Å². The molecule has 1 aromatic rings. The van der Waals surface area contributed by atoms with Crippen LogP contribution in [0, 0.1) is 0 Å². The molecule has 106 valence electrons. The third-order valence-electron chi connectivity index (χ3n) is 2.66. The number of rotatable bonds is 8. The molecule has 1 aromatic heterocycles. The highest BCUT2D eigenvalue weighted by molar-refractivity contribution is 5.07. The largest absolute Gasteiger partial charge is 0.463 e. The highest BCUT2D eigenvalue weighted by Gasteiger charge is 2.11. The van der Waals surface area contributed by atoms with Crippen LogP contribution < -0.4 is 5.32 Å². The zero-order valence-electron chi connectivity index (χ0n) is 12.4. The first-order valence-electron chi connectivity index (χ1n) is 6.71. The molecule has 0 saturated carbocycles. The van der Waals surface area contributed by atoms with Gasteiger partial charge in [-0.05, 0) is 32.9 Å². The van der Waals surface area contributed by atoms with E-state index in [2.05, 4.69) is 44.1 Å². The fraction of sp³-hybridized carbons (Fsp3) is 0.500. The summed E-state index contributed by atoms with van der Waals surface area (Å²) >= 11 is 0. The van der Waals surface area contributed by atoms with E-state index >= 15 is 0 Å². The Morgan fingerprint density at radius 3 is 2.26 bits per heavy atom. The van der Waals surface area contributed by atoms with Crippen molar-refractivity contribution in [3.63, 3.8) is 0 Å². The van der Waals surface area contributed by atoms with Gasteiger partial charge in [-0.1, -0.05) is 12.2 Å². The fourth-order valence-corrected chi connectivity index (χ4v) is 1.74. The molecule has 0 unspecified atom stereocenters. The molecule has 0 aromatic carbocycles. The minimum atomic E-state index is 0.102. The van der Waals surface area contributed by atoms with Crippen molar-refractivity contribution < 1.29 is 4.42 Å². The molecule has 0 saturated heterocycles. The van der Waals surface area contributed by atoms with Crippen molar-refractivity contribution in [3.8, 4) is 0 Å². The van der Waals surface area contributed by atoms with Gasteiger partial charge in [-0.15, -0.1) is 13.2 Å². The standard InChI is InChI=1S/C16H26N2O/c1-6-10-18(11-7-2)13-15-9-8-14(19-15)12-17-16(3,4)5/h6-9,17H,1-2,10-13H2,3-5H3. The van der Waals surface area contributed by atoms with Gasteiger partial charge in [-0.25, -0.2) is 0 Å². The van der Waals surface area contributed by atoms with Gasteiger partial charge in [0.25, 0.3) is 0 Å². The number of hydrogen-bond donors (Lipinski definition) is 1. The molecule has 0 fully saturated rings. The van der Waals surface area contributed by atoms with Crippen LogP contribution in [-0.2, 0) is 13.1 Å². The molecular formula is C16H26N2O. The van der Waals surface area contributed by atoms with Gasteiger partial charge in [-0.3, -0.25) is 4.90 Å². The lowest BCUT2D eigenvalue weighted by Gasteiger charge is -2.19. The van der Waals surface area contributed by atoms with E-state index < -0.39 is 0 Å². The molecule has 1 heterocycles. The lowest BCUT2D eigenvalue weighted by molar-refractivity contribution is 0.286. The summed E-state index contributed by atoms with van der Waals surface area (Å²) in [7, 11) is 0. The normalized spacial score (nSPS) is 11.8. The van der Waals surface area contributed by atoms with E-state index in [1.165, 1.54) is 0 Å². The van der Waals surface area contributed by atoms with Crippen LogP contribution in [0.25, 0.3) is 0 Å². The minimum absolute atomic E-state index is 0.102. The second kappa shape index (κ2) is 7.31. The summed E-state index contributed by atoms with van der Waals surface area (Å²) in [4.78, 5) is 2.22. The van der Waals surface area contributed by atoms with E-state index in [0.29, 0.717) is 0 Å². The number of hydrogen-bond acceptors (Lipinski definition) is 3. The van der Waals surface area contributed by atoms with Gasteiger partial charge < -0.3 is 9.73 Å². The summed E-state index contributed by atoms with van der Waals surface area (Å²) in [5, 5.41) is 3.42. The Morgan fingerprint density at radius 2 is 1.74 bits per heavy atom. The zero-order valence-corrected chi connectivity index (χ0v) is 12.4. The van der Waals surface area contributed by atoms with Crippen molar-refractivity contribution in [1.29, 1.82) is 0 Å². The molecule has 19 heavy (non-hydrogen) atoms. The number of furan rings is 1. The SMILES string of the molecule is C=CCN(CC=C)Cc1ccc(CNC(C)(C)C)o1. The van der Waals surface area contributed by atoms with Crippen molar-refractivity contribution in [1.82, 2.24) is 10.2 Å². The molecule has 0 radical (unpaired) electrons. The minimum Gasteiger partial charge on any atom is -0.463 e. The summed E-state index contributed by atoms with van der Waals surface area (Å²) < 4.78 is 5.83. The first-order valence-corrected chi connectivity index (χ1v) is 6.71. The molecule has 0 aliphatic carbocycles. The average molecular weight is 262 g/mol. The van der Waals surface area contributed by atoms with Gasteiger partial charge in [0.1, 0.15) is 11.5 Å². The van der Waals surface area contributed by atoms with Gasteiger partial charge in [0.2, 0.25) is 0 Å². The maximum atomic E-state index is 5.83. The predicted molar refractivity (Wildman–Crippen MR) is 81.0 cm³/mol. The summed E-state index contributed by atoms with van der Waals surface area (Å²) in [5.41, 5.74) is 0.102. The van der Waals surface area contributed by atoms with Gasteiger partial charge >= 0.3 is 0 Å². The van der Waals surface area contributed by atoms with Crippen LogP contribution in [-0.4, -0.2) is 23.5 Å². The zero-order chi connectivity index (χ0) is 14.3. The molecule has 1 rings (SSSR count). The average Bonchev–Trinajstić information content (AvgIpc) is 2.74. The summed E-state index contributed by atoms with van der Waals surface area (Å²) in [6.45, 7) is 17.2.